The minimum absolute atomic E-state index is 0.505. The molecule has 212 valence electrons. The van der Waals surface area contributed by atoms with Gasteiger partial charge in [0.2, 0.25) is 5.79 Å². The molecule has 19 heteroatoms. The SMILES string of the molecule is O=P(O)(OC1C(O)OCC(O)C1O)OC1C(CO)OC(CO)(OC2OC(CO)C(O)C(O)C2O)C1O. The van der Waals surface area contributed by atoms with E-state index in [1.165, 1.54) is 0 Å². The third kappa shape index (κ3) is 5.91. The smallest absolute Gasteiger partial charge is 0.394 e. The highest BCUT2D eigenvalue weighted by Gasteiger charge is 2.61. The number of phosphoric ester groups is 1. The fourth-order valence-electron chi connectivity index (χ4n) is 3.97. The molecule has 0 radical (unpaired) electrons. The summed E-state index contributed by atoms with van der Waals surface area (Å²) in [6.45, 7) is -3.54. The monoisotopic (exact) mass is 554 g/mol. The zero-order valence-corrected chi connectivity index (χ0v) is 19.4. The maximum absolute atomic E-state index is 12.6. The van der Waals surface area contributed by atoms with Gasteiger partial charge in [0.25, 0.3) is 0 Å². The van der Waals surface area contributed by atoms with Crippen LogP contribution in [0, 0.1) is 0 Å². The molecule has 14 atom stereocenters. The first-order valence-corrected chi connectivity index (χ1v) is 12.2. The Morgan fingerprint density at radius 1 is 0.833 bits per heavy atom. The van der Waals surface area contributed by atoms with Gasteiger partial charge in [0.15, 0.2) is 12.6 Å². The number of aliphatic hydroxyl groups is 10. The zero-order chi connectivity index (χ0) is 27.0. The van der Waals surface area contributed by atoms with E-state index in [9.17, 15) is 60.5 Å². The van der Waals surface area contributed by atoms with Gasteiger partial charge in [-0.1, -0.05) is 0 Å². The summed E-state index contributed by atoms with van der Waals surface area (Å²) >= 11 is 0. The molecule has 3 saturated heterocycles. The van der Waals surface area contributed by atoms with Gasteiger partial charge in [0.1, 0.15) is 67.6 Å². The Morgan fingerprint density at radius 2 is 1.44 bits per heavy atom. The van der Waals surface area contributed by atoms with E-state index in [4.69, 9.17) is 28.0 Å². The van der Waals surface area contributed by atoms with Crippen LogP contribution in [0.2, 0.25) is 0 Å². The van der Waals surface area contributed by atoms with E-state index in [0.717, 1.165) is 0 Å². The van der Waals surface area contributed by atoms with E-state index in [1.54, 1.807) is 0 Å². The van der Waals surface area contributed by atoms with Crippen LogP contribution in [0.1, 0.15) is 0 Å². The summed E-state index contributed by atoms with van der Waals surface area (Å²) in [4.78, 5) is 10.2. The number of hydrogen-bond donors (Lipinski definition) is 11. The van der Waals surface area contributed by atoms with E-state index in [0.29, 0.717) is 0 Å². The summed E-state index contributed by atoms with van der Waals surface area (Å²) in [6, 6.07) is 0. The van der Waals surface area contributed by atoms with Crippen molar-refractivity contribution < 1.29 is 88.5 Å². The molecule has 0 amide bonds. The molecule has 0 aromatic rings. The summed E-state index contributed by atoms with van der Waals surface area (Å²) in [5, 5.41) is 99.0. The van der Waals surface area contributed by atoms with Crippen LogP contribution < -0.4 is 0 Å². The zero-order valence-electron chi connectivity index (χ0n) is 18.5. The molecule has 0 bridgehead atoms. The van der Waals surface area contributed by atoms with Gasteiger partial charge in [-0.3, -0.25) is 9.05 Å². The maximum Gasteiger partial charge on any atom is 0.473 e. The number of rotatable bonds is 9. The van der Waals surface area contributed by atoms with Gasteiger partial charge >= 0.3 is 7.82 Å². The predicted molar refractivity (Wildman–Crippen MR) is 106 cm³/mol. The van der Waals surface area contributed by atoms with Crippen molar-refractivity contribution in [1.82, 2.24) is 0 Å². The summed E-state index contributed by atoms with van der Waals surface area (Å²) in [5.41, 5.74) is 0. The van der Waals surface area contributed by atoms with Crippen LogP contribution in [0.25, 0.3) is 0 Å². The molecule has 36 heavy (non-hydrogen) atoms. The third-order valence-electron chi connectivity index (χ3n) is 6.00. The minimum Gasteiger partial charge on any atom is -0.394 e. The molecular weight excluding hydrogens is 523 g/mol. The lowest BCUT2D eigenvalue weighted by Gasteiger charge is -2.43. The second-order valence-electron chi connectivity index (χ2n) is 8.46. The van der Waals surface area contributed by atoms with Crippen molar-refractivity contribution in [2.45, 2.75) is 79.4 Å². The molecule has 3 aliphatic rings. The normalized spacial score (nSPS) is 49.6. The van der Waals surface area contributed by atoms with E-state index in [2.05, 4.69) is 0 Å². The second-order valence-corrected chi connectivity index (χ2v) is 9.82. The van der Waals surface area contributed by atoms with Crippen molar-refractivity contribution in [2.75, 3.05) is 26.4 Å². The van der Waals surface area contributed by atoms with Crippen LogP contribution in [-0.2, 0) is 32.6 Å². The number of aliphatic hydroxyl groups excluding tert-OH is 10. The Labute approximate surface area is 203 Å². The van der Waals surface area contributed by atoms with E-state index in [1.807, 2.05) is 0 Å². The first-order valence-electron chi connectivity index (χ1n) is 10.7. The van der Waals surface area contributed by atoms with Crippen LogP contribution >= 0.6 is 7.82 Å². The fraction of sp³-hybridized carbons (Fsp3) is 1.00. The molecule has 3 aliphatic heterocycles. The van der Waals surface area contributed by atoms with Crippen molar-refractivity contribution in [3.05, 3.63) is 0 Å². The van der Waals surface area contributed by atoms with Gasteiger partial charge in [-0.05, 0) is 0 Å². The quantitative estimate of drug-likeness (QED) is 0.118. The van der Waals surface area contributed by atoms with Crippen molar-refractivity contribution in [1.29, 1.82) is 0 Å². The van der Waals surface area contributed by atoms with E-state index in [-0.39, 0.29) is 0 Å². The minimum atomic E-state index is -5.34. The summed E-state index contributed by atoms with van der Waals surface area (Å²) in [6.07, 6.45) is -22.2. The van der Waals surface area contributed by atoms with Crippen LogP contribution in [0.15, 0.2) is 0 Å². The highest BCUT2D eigenvalue weighted by Crippen LogP contribution is 2.51. The topological polar surface area (TPSA) is 295 Å². The predicted octanol–water partition coefficient (Wildman–Crippen LogP) is -6.82. The Bertz CT molecular complexity index is 772. The highest BCUT2D eigenvalue weighted by atomic mass is 31.2. The molecule has 0 aromatic heterocycles. The molecule has 0 aromatic carbocycles. The lowest BCUT2D eigenvalue weighted by molar-refractivity contribution is -0.383. The molecule has 11 N–H and O–H groups in total. The van der Waals surface area contributed by atoms with Crippen molar-refractivity contribution in [3.8, 4) is 0 Å². The number of ether oxygens (including phenoxy) is 4. The fourth-order valence-corrected chi connectivity index (χ4v) is 5.11. The Kier molecular flexibility index (Phi) is 9.82. The standard InChI is InChI=1S/C17H31O18P/c18-1-6-9(23)10(24)11(25)16(31-6)33-17(4-20)14(26)12(7(2-19)32-17)34-36(28,29)35-13-8(22)5(21)3-30-15(13)27/h5-16,18-27H,1-4H2,(H,28,29). The van der Waals surface area contributed by atoms with Crippen LogP contribution in [0.4, 0.5) is 0 Å². The number of hydrogen-bond acceptors (Lipinski definition) is 17. The molecule has 0 aliphatic carbocycles. The lowest BCUT2D eigenvalue weighted by atomic mass is 9.99. The Balaban J connectivity index is 1.77. The van der Waals surface area contributed by atoms with Gasteiger partial charge in [-0.2, -0.15) is 0 Å². The van der Waals surface area contributed by atoms with Gasteiger partial charge in [-0.15, -0.1) is 0 Å². The highest BCUT2D eigenvalue weighted by molar-refractivity contribution is 7.47. The first-order chi connectivity index (χ1) is 16.8. The second kappa shape index (κ2) is 11.7. The molecule has 0 saturated carbocycles. The van der Waals surface area contributed by atoms with Crippen LogP contribution in [0.5, 0.6) is 0 Å². The summed E-state index contributed by atoms with van der Waals surface area (Å²) in [7, 11) is -5.34. The van der Waals surface area contributed by atoms with E-state index >= 15 is 0 Å². The Morgan fingerprint density at radius 3 is 2.03 bits per heavy atom. The average molecular weight is 554 g/mol. The van der Waals surface area contributed by atoms with Crippen molar-refractivity contribution in [2.24, 2.45) is 0 Å². The molecule has 18 nitrogen and oxygen atoms in total. The van der Waals surface area contributed by atoms with Gasteiger partial charge in [-0.25, -0.2) is 4.57 Å². The van der Waals surface area contributed by atoms with E-state index < -0.39 is 114 Å². The van der Waals surface area contributed by atoms with Gasteiger partial charge < -0.3 is 74.9 Å². The lowest BCUT2D eigenvalue weighted by Crippen LogP contribution is -2.62. The molecule has 3 fully saturated rings. The first kappa shape index (κ1) is 30.1. The molecule has 0 spiro atoms. The summed E-state index contributed by atoms with van der Waals surface area (Å²) < 4.78 is 42.6. The third-order valence-corrected chi connectivity index (χ3v) is 7.02. The maximum atomic E-state index is 12.6. The van der Waals surface area contributed by atoms with Gasteiger partial charge in [0, 0.05) is 0 Å². The van der Waals surface area contributed by atoms with Crippen molar-refractivity contribution in [3.63, 3.8) is 0 Å². The van der Waals surface area contributed by atoms with Crippen molar-refractivity contribution >= 4 is 7.82 Å². The molecule has 3 heterocycles. The summed E-state index contributed by atoms with van der Waals surface area (Å²) in [5.74, 6) is -2.60. The molecule has 14 unspecified atom stereocenters. The van der Waals surface area contributed by atoms with Crippen LogP contribution in [0.3, 0.4) is 0 Å². The van der Waals surface area contributed by atoms with Gasteiger partial charge in [0.05, 0.1) is 19.8 Å². The molecule has 3 rings (SSSR count). The average Bonchev–Trinajstić information content (AvgIpc) is 3.10. The van der Waals surface area contributed by atoms with Crippen LogP contribution in [-0.4, -0.2) is 162 Å². The number of phosphoric acid groups is 1. The Hall–Kier alpha value is -0.450. The largest absolute Gasteiger partial charge is 0.473 e. The molecular formula is C17H31O18P.